The second-order valence-corrected chi connectivity index (χ2v) is 4.41. The van der Waals surface area contributed by atoms with E-state index in [1.54, 1.807) is 25.1 Å². The smallest absolute Gasteiger partial charge is 0.144 e. The summed E-state index contributed by atoms with van der Waals surface area (Å²) >= 11 is 9.09. The van der Waals surface area contributed by atoms with Crippen LogP contribution >= 0.6 is 27.5 Å². The summed E-state index contributed by atoms with van der Waals surface area (Å²) < 4.78 is 0.813. The minimum absolute atomic E-state index is 0.558. The molecular weight excluding hydrogens is 253 g/mol. The van der Waals surface area contributed by atoms with Gasteiger partial charge in [0.2, 0.25) is 0 Å². The second-order valence-electron chi connectivity index (χ2n) is 3.06. The Morgan fingerprint density at radius 1 is 1.54 bits per heavy atom. The third-order valence-electron chi connectivity index (χ3n) is 1.73. The monoisotopic (exact) mass is 261 g/mol. The number of carbonyl (C=O) groups is 1. The molecule has 0 bridgehead atoms. The standard InChI is InChI=1S/C9H9BrClNO/c1-9(12,5-13)6-2-7(10)4-8(11)3-6/h2-5H,12H2,1H3. The third-order valence-corrected chi connectivity index (χ3v) is 2.41. The summed E-state index contributed by atoms with van der Waals surface area (Å²) in [6, 6.07) is 5.20. The molecule has 1 aromatic rings. The van der Waals surface area contributed by atoms with Gasteiger partial charge in [-0.3, -0.25) is 0 Å². The minimum atomic E-state index is -0.979. The summed E-state index contributed by atoms with van der Waals surface area (Å²) in [6.07, 6.45) is 0.700. The van der Waals surface area contributed by atoms with Crippen molar-refractivity contribution in [3.05, 3.63) is 33.3 Å². The zero-order chi connectivity index (χ0) is 10.1. The van der Waals surface area contributed by atoms with Crippen LogP contribution in [0.5, 0.6) is 0 Å². The minimum Gasteiger partial charge on any atom is -0.316 e. The Bertz CT molecular complexity index is 318. The van der Waals surface area contributed by atoms with Crippen LogP contribution in [0, 0.1) is 0 Å². The van der Waals surface area contributed by atoms with Gasteiger partial charge < -0.3 is 10.5 Å². The highest BCUT2D eigenvalue weighted by Gasteiger charge is 2.20. The van der Waals surface area contributed by atoms with Gasteiger partial charge in [0.15, 0.2) is 0 Å². The molecule has 1 rings (SSSR count). The van der Waals surface area contributed by atoms with Gasteiger partial charge in [-0.05, 0) is 30.7 Å². The molecule has 0 spiro atoms. The maximum atomic E-state index is 10.7. The first-order chi connectivity index (χ1) is 5.95. The zero-order valence-electron chi connectivity index (χ0n) is 7.05. The van der Waals surface area contributed by atoms with E-state index in [4.69, 9.17) is 17.3 Å². The molecule has 0 aromatic heterocycles. The molecule has 0 radical (unpaired) electrons. The first-order valence-corrected chi connectivity index (χ1v) is 4.84. The summed E-state index contributed by atoms with van der Waals surface area (Å²) in [5, 5.41) is 0.558. The van der Waals surface area contributed by atoms with E-state index < -0.39 is 5.54 Å². The van der Waals surface area contributed by atoms with Crippen LogP contribution in [0.1, 0.15) is 12.5 Å². The number of hydrogen-bond donors (Lipinski definition) is 1. The van der Waals surface area contributed by atoms with Gasteiger partial charge in [0.25, 0.3) is 0 Å². The topological polar surface area (TPSA) is 43.1 Å². The van der Waals surface area contributed by atoms with E-state index in [1.807, 2.05) is 0 Å². The fraction of sp³-hybridized carbons (Fsp3) is 0.222. The lowest BCUT2D eigenvalue weighted by atomic mass is 9.95. The van der Waals surface area contributed by atoms with Crippen molar-refractivity contribution in [3.8, 4) is 0 Å². The molecule has 1 atom stereocenters. The molecule has 70 valence electrons. The molecule has 0 aliphatic carbocycles. The summed E-state index contributed by atoms with van der Waals surface area (Å²) in [7, 11) is 0. The maximum absolute atomic E-state index is 10.7. The average molecular weight is 263 g/mol. The van der Waals surface area contributed by atoms with E-state index in [1.165, 1.54) is 0 Å². The van der Waals surface area contributed by atoms with Crippen molar-refractivity contribution < 1.29 is 4.79 Å². The van der Waals surface area contributed by atoms with Crippen molar-refractivity contribution in [2.24, 2.45) is 5.73 Å². The highest BCUT2D eigenvalue weighted by molar-refractivity contribution is 9.10. The highest BCUT2D eigenvalue weighted by Crippen LogP contribution is 2.24. The Balaban J connectivity index is 3.22. The van der Waals surface area contributed by atoms with Crippen molar-refractivity contribution >= 4 is 33.8 Å². The Kier molecular flexibility index (Phi) is 3.11. The van der Waals surface area contributed by atoms with Crippen LogP contribution in [0.4, 0.5) is 0 Å². The number of carbonyl (C=O) groups excluding carboxylic acids is 1. The van der Waals surface area contributed by atoms with Crippen molar-refractivity contribution in [1.82, 2.24) is 0 Å². The lowest BCUT2D eigenvalue weighted by molar-refractivity contribution is -0.112. The molecule has 0 saturated heterocycles. The predicted molar refractivity (Wildman–Crippen MR) is 56.8 cm³/mol. The molecule has 1 unspecified atom stereocenters. The molecular formula is C9H9BrClNO. The average Bonchev–Trinajstić information content (AvgIpc) is 2.02. The molecule has 0 fully saturated rings. The van der Waals surface area contributed by atoms with Crippen LogP contribution in [0.3, 0.4) is 0 Å². The molecule has 0 heterocycles. The van der Waals surface area contributed by atoms with E-state index in [0.29, 0.717) is 16.9 Å². The fourth-order valence-electron chi connectivity index (χ4n) is 0.933. The Morgan fingerprint density at radius 2 is 2.15 bits per heavy atom. The zero-order valence-corrected chi connectivity index (χ0v) is 9.39. The third kappa shape index (κ3) is 2.53. The predicted octanol–water partition coefficient (Wildman–Crippen LogP) is 2.48. The van der Waals surface area contributed by atoms with Gasteiger partial charge in [-0.2, -0.15) is 0 Å². The van der Waals surface area contributed by atoms with Crippen molar-refractivity contribution in [3.63, 3.8) is 0 Å². The number of hydrogen-bond acceptors (Lipinski definition) is 2. The van der Waals surface area contributed by atoms with E-state index in [0.717, 1.165) is 4.47 Å². The van der Waals surface area contributed by atoms with Crippen LogP contribution in [0.15, 0.2) is 22.7 Å². The van der Waals surface area contributed by atoms with Crippen LogP contribution < -0.4 is 5.73 Å². The van der Waals surface area contributed by atoms with Crippen LogP contribution in [0.2, 0.25) is 5.02 Å². The molecule has 0 aliphatic heterocycles. The largest absolute Gasteiger partial charge is 0.316 e. The lowest BCUT2D eigenvalue weighted by Crippen LogP contribution is -2.34. The molecule has 2 nitrogen and oxygen atoms in total. The molecule has 2 N–H and O–H groups in total. The van der Waals surface area contributed by atoms with E-state index in [2.05, 4.69) is 15.9 Å². The van der Waals surface area contributed by atoms with Crippen LogP contribution in [-0.2, 0) is 10.3 Å². The van der Waals surface area contributed by atoms with Crippen LogP contribution in [-0.4, -0.2) is 6.29 Å². The highest BCUT2D eigenvalue weighted by atomic mass is 79.9. The number of aldehydes is 1. The second kappa shape index (κ2) is 3.78. The van der Waals surface area contributed by atoms with Crippen molar-refractivity contribution in [2.75, 3.05) is 0 Å². The normalized spacial score (nSPS) is 15.1. The van der Waals surface area contributed by atoms with E-state index in [9.17, 15) is 4.79 Å². The number of rotatable bonds is 2. The van der Waals surface area contributed by atoms with Crippen molar-refractivity contribution in [2.45, 2.75) is 12.5 Å². The number of halogens is 2. The number of nitrogens with two attached hydrogens (primary N) is 1. The van der Waals surface area contributed by atoms with E-state index >= 15 is 0 Å². The quantitative estimate of drug-likeness (QED) is 0.832. The van der Waals surface area contributed by atoms with Gasteiger partial charge in [0, 0.05) is 9.50 Å². The summed E-state index contributed by atoms with van der Waals surface area (Å²) in [5.74, 6) is 0. The molecule has 0 aliphatic rings. The first kappa shape index (κ1) is 10.7. The molecule has 13 heavy (non-hydrogen) atoms. The lowest BCUT2D eigenvalue weighted by Gasteiger charge is -2.17. The maximum Gasteiger partial charge on any atom is 0.144 e. The molecule has 0 amide bonds. The van der Waals surface area contributed by atoms with Gasteiger partial charge in [0.05, 0.1) is 5.54 Å². The Hall–Kier alpha value is -0.380. The Labute approximate surface area is 90.2 Å². The fourth-order valence-corrected chi connectivity index (χ4v) is 1.79. The van der Waals surface area contributed by atoms with Crippen molar-refractivity contribution in [1.29, 1.82) is 0 Å². The first-order valence-electron chi connectivity index (χ1n) is 3.67. The van der Waals surface area contributed by atoms with Gasteiger partial charge in [-0.15, -0.1) is 0 Å². The summed E-state index contributed by atoms with van der Waals surface area (Å²) in [5.41, 5.74) is 5.44. The molecule has 0 saturated carbocycles. The Morgan fingerprint density at radius 3 is 2.62 bits per heavy atom. The summed E-state index contributed by atoms with van der Waals surface area (Å²) in [6.45, 7) is 1.64. The van der Waals surface area contributed by atoms with Crippen LogP contribution in [0.25, 0.3) is 0 Å². The van der Waals surface area contributed by atoms with Gasteiger partial charge in [-0.25, -0.2) is 0 Å². The van der Waals surface area contributed by atoms with Gasteiger partial charge >= 0.3 is 0 Å². The van der Waals surface area contributed by atoms with Gasteiger partial charge in [0.1, 0.15) is 6.29 Å². The number of benzene rings is 1. The molecule has 4 heteroatoms. The molecule has 1 aromatic carbocycles. The van der Waals surface area contributed by atoms with Gasteiger partial charge in [-0.1, -0.05) is 27.5 Å². The van der Waals surface area contributed by atoms with E-state index in [-0.39, 0.29) is 0 Å². The summed E-state index contributed by atoms with van der Waals surface area (Å²) in [4.78, 5) is 10.7. The SMILES string of the molecule is CC(N)(C=O)c1cc(Cl)cc(Br)c1.